The second kappa shape index (κ2) is 8.18. The summed E-state index contributed by atoms with van der Waals surface area (Å²) in [5.74, 6) is 1.80. The first-order chi connectivity index (χ1) is 13.6. The van der Waals surface area contributed by atoms with Crippen molar-refractivity contribution in [1.29, 1.82) is 0 Å². The number of rotatable bonds is 6. The summed E-state index contributed by atoms with van der Waals surface area (Å²) in [6.45, 7) is 8.53. The molecule has 4 rings (SSSR count). The Bertz CT molecular complexity index is 835. The van der Waals surface area contributed by atoms with E-state index in [1.807, 2.05) is 13.8 Å². The van der Waals surface area contributed by atoms with Crippen LogP contribution in [0.4, 0.5) is 0 Å². The molecule has 1 aromatic carbocycles. The Morgan fingerprint density at radius 1 is 1.25 bits per heavy atom. The Hall–Kier alpha value is -1.98. The smallest absolute Gasteiger partial charge is 0.125 e. The first-order valence-corrected chi connectivity index (χ1v) is 10.4. The average Bonchev–Trinajstić information content (AvgIpc) is 3.03. The fourth-order valence-corrected chi connectivity index (χ4v) is 4.90. The van der Waals surface area contributed by atoms with Gasteiger partial charge in [-0.25, -0.2) is 9.97 Å². The third kappa shape index (κ3) is 3.78. The molecule has 0 N–H and O–H groups in total. The van der Waals surface area contributed by atoms with Gasteiger partial charge >= 0.3 is 0 Å². The number of fused-ring (bicyclic) bond motifs is 2. The molecule has 5 nitrogen and oxygen atoms in total. The molecule has 1 fully saturated rings. The number of methoxy groups -OCH3 is 1. The van der Waals surface area contributed by atoms with E-state index >= 15 is 0 Å². The Kier molecular flexibility index (Phi) is 5.65. The molecule has 2 aromatic rings. The van der Waals surface area contributed by atoms with Crippen molar-refractivity contribution >= 4 is 0 Å². The van der Waals surface area contributed by atoms with Crippen LogP contribution in [0.3, 0.4) is 0 Å². The van der Waals surface area contributed by atoms with Gasteiger partial charge in [0, 0.05) is 36.9 Å². The lowest BCUT2D eigenvalue weighted by Gasteiger charge is -2.40. The van der Waals surface area contributed by atoms with Gasteiger partial charge in [0.05, 0.1) is 19.4 Å². The monoisotopic (exact) mass is 381 g/mol. The molecule has 1 saturated heterocycles. The summed E-state index contributed by atoms with van der Waals surface area (Å²) in [5, 5.41) is 0. The quantitative estimate of drug-likeness (QED) is 0.761. The van der Waals surface area contributed by atoms with Crippen molar-refractivity contribution in [3.63, 3.8) is 0 Å². The van der Waals surface area contributed by atoms with Gasteiger partial charge in [0.25, 0.3) is 0 Å². The summed E-state index contributed by atoms with van der Waals surface area (Å²) in [6, 6.07) is 6.50. The van der Waals surface area contributed by atoms with E-state index in [1.165, 1.54) is 36.1 Å². The van der Waals surface area contributed by atoms with Crippen LogP contribution in [-0.2, 0) is 29.7 Å². The van der Waals surface area contributed by atoms with Crippen molar-refractivity contribution in [3.8, 4) is 5.75 Å². The van der Waals surface area contributed by atoms with Crippen LogP contribution < -0.4 is 4.74 Å². The predicted octanol–water partition coefficient (Wildman–Crippen LogP) is 3.81. The molecular weight excluding hydrogens is 350 g/mol. The van der Waals surface area contributed by atoms with Crippen LogP contribution in [0.1, 0.15) is 54.4 Å². The number of ether oxygens (including phenoxy) is 2. The molecule has 0 amide bonds. The fourth-order valence-electron chi connectivity index (χ4n) is 4.90. The zero-order chi connectivity index (χ0) is 19.6. The van der Waals surface area contributed by atoms with E-state index in [-0.39, 0.29) is 5.41 Å². The molecule has 2 aliphatic rings. The zero-order valence-corrected chi connectivity index (χ0v) is 17.3. The van der Waals surface area contributed by atoms with Gasteiger partial charge in [-0.1, -0.05) is 6.07 Å². The fraction of sp³-hybridized carbons (Fsp3) is 0.565. The minimum absolute atomic E-state index is 0.210. The van der Waals surface area contributed by atoms with Gasteiger partial charge in [-0.2, -0.15) is 0 Å². The summed E-state index contributed by atoms with van der Waals surface area (Å²) >= 11 is 0. The predicted molar refractivity (Wildman–Crippen MR) is 110 cm³/mol. The van der Waals surface area contributed by atoms with E-state index in [0.29, 0.717) is 13.2 Å². The second-order valence-electron chi connectivity index (χ2n) is 8.17. The van der Waals surface area contributed by atoms with E-state index in [4.69, 9.17) is 14.5 Å². The van der Waals surface area contributed by atoms with Crippen molar-refractivity contribution in [2.45, 2.75) is 58.1 Å². The molecule has 1 aromatic heterocycles. The Morgan fingerprint density at radius 2 is 2.14 bits per heavy atom. The van der Waals surface area contributed by atoms with Crippen LogP contribution in [0.25, 0.3) is 0 Å². The van der Waals surface area contributed by atoms with Gasteiger partial charge in [-0.05, 0) is 69.3 Å². The molecule has 28 heavy (non-hydrogen) atoms. The SMILES string of the molecule is CCOCc1cc(CN2CCCC3(CCc4cnc(C)nc43)C2)ccc1OC. The van der Waals surface area contributed by atoms with E-state index in [0.717, 1.165) is 43.2 Å². The molecule has 0 radical (unpaired) electrons. The van der Waals surface area contributed by atoms with Crippen LogP contribution in [0, 0.1) is 6.92 Å². The molecule has 0 bridgehead atoms. The first kappa shape index (κ1) is 19.3. The van der Waals surface area contributed by atoms with Gasteiger partial charge in [0.1, 0.15) is 11.6 Å². The number of likely N-dealkylation sites (tertiary alicyclic amines) is 1. The lowest BCUT2D eigenvalue weighted by molar-refractivity contribution is 0.130. The second-order valence-corrected chi connectivity index (χ2v) is 8.17. The van der Waals surface area contributed by atoms with E-state index < -0.39 is 0 Å². The van der Waals surface area contributed by atoms with Gasteiger partial charge in [-0.3, -0.25) is 4.90 Å². The van der Waals surface area contributed by atoms with Crippen molar-refractivity contribution < 1.29 is 9.47 Å². The molecule has 5 heteroatoms. The molecule has 1 aliphatic heterocycles. The summed E-state index contributed by atoms with van der Waals surface area (Å²) in [7, 11) is 1.72. The van der Waals surface area contributed by atoms with Crippen LogP contribution in [0.2, 0.25) is 0 Å². The van der Waals surface area contributed by atoms with Gasteiger partial charge < -0.3 is 9.47 Å². The minimum atomic E-state index is 0.210. The Balaban J connectivity index is 1.52. The van der Waals surface area contributed by atoms with Crippen molar-refractivity contribution in [3.05, 3.63) is 52.6 Å². The van der Waals surface area contributed by atoms with E-state index in [9.17, 15) is 0 Å². The van der Waals surface area contributed by atoms with Crippen LogP contribution in [0.15, 0.2) is 24.4 Å². The lowest BCUT2D eigenvalue weighted by Crippen LogP contribution is -2.45. The topological polar surface area (TPSA) is 47.5 Å². The van der Waals surface area contributed by atoms with Gasteiger partial charge in [0.15, 0.2) is 0 Å². The molecule has 1 aliphatic carbocycles. The van der Waals surface area contributed by atoms with Gasteiger partial charge in [0.2, 0.25) is 0 Å². The van der Waals surface area contributed by atoms with Crippen molar-refractivity contribution in [1.82, 2.24) is 14.9 Å². The third-order valence-corrected chi connectivity index (χ3v) is 6.23. The van der Waals surface area contributed by atoms with E-state index in [2.05, 4.69) is 34.3 Å². The molecule has 1 spiro atoms. The number of benzene rings is 1. The molecule has 1 atom stereocenters. The maximum absolute atomic E-state index is 5.63. The maximum Gasteiger partial charge on any atom is 0.125 e. The maximum atomic E-state index is 5.63. The minimum Gasteiger partial charge on any atom is -0.496 e. The summed E-state index contributed by atoms with van der Waals surface area (Å²) in [6.07, 6.45) is 6.84. The number of aryl methyl sites for hydroxylation is 2. The molecule has 1 unspecified atom stereocenters. The first-order valence-electron chi connectivity index (χ1n) is 10.4. The normalized spacial score (nSPS) is 21.8. The van der Waals surface area contributed by atoms with Crippen molar-refractivity contribution in [2.24, 2.45) is 0 Å². The highest BCUT2D eigenvalue weighted by Crippen LogP contribution is 2.44. The number of hydrogen-bond donors (Lipinski definition) is 0. The Morgan fingerprint density at radius 3 is 2.96 bits per heavy atom. The summed E-state index contributed by atoms with van der Waals surface area (Å²) in [5.41, 5.74) is 5.34. The Labute approximate surface area is 168 Å². The standard InChI is InChI=1S/C23H31N3O2/c1-4-28-15-20-12-18(6-7-21(20)27-3)14-26-11-5-9-23(16-26)10-8-19-13-24-17(2)25-22(19)23/h6-7,12-13H,4-5,8-11,14-16H2,1-3H3. The van der Waals surface area contributed by atoms with Crippen molar-refractivity contribution in [2.75, 3.05) is 26.8 Å². The highest BCUT2D eigenvalue weighted by atomic mass is 16.5. The van der Waals surface area contributed by atoms with Crippen LogP contribution in [-0.4, -0.2) is 41.7 Å². The van der Waals surface area contributed by atoms with Gasteiger partial charge in [-0.15, -0.1) is 0 Å². The largest absolute Gasteiger partial charge is 0.496 e. The molecular formula is C23H31N3O2. The lowest BCUT2D eigenvalue weighted by atomic mass is 9.77. The van der Waals surface area contributed by atoms with Crippen LogP contribution in [0.5, 0.6) is 5.75 Å². The highest BCUT2D eigenvalue weighted by molar-refractivity contribution is 5.37. The number of piperidine rings is 1. The number of aromatic nitrogens is 2. The average molecular weight is 382 g/mol. The van der Waals surface area contributed by atoms with Crippen LogP contribution >= 0.6 is 0 Å². The number of hydrogen-bond acceptors (Lipinski definition) is 5. The van der Waals surface area contributed by atoms with E-state index in [1.54, 1.807) is 7.11 Å². The summed E-state index contributed by atoms with van der Waals surface area (Å²) < 4.78 is 11.1. The zero-order valence-electron chi connectivity index (χ0n) is 17.3. The molecule has 150 valence electrons. The number of nitrogens with zero attached hydrogens (tertiary/aromatic N) is 3. The summed E-state index contributed by atoms with van der Waals surface area (Å²) in [4.78, 5) is 11.9. The highest BCUT2D eigenvalue weighted by Gasteiger charge is 2.43. The molecule has 2 heterocycles. The third-order valence-electron chi connectivity index (χ3n) is 6.23. The molecule has 0 saturated carbocycles.